The van der Waals surface area contributed by atoms with E-state index < -0.39 is 29.2 Å². The van der Waals surface area contributed by atoms with Crippen LogP contribution in [0.15, 0.2) is 102 Å². The molecule has 0 radical (unpaired) electrons. The molecule has 1 N–H and O–H groups in total. The van der Waals surface area contributed by atoms with Gasteiger partial charge >= 0.3 is 6.18 Å². The van der Waals surface area contributed by atoms with Gasteiger partial charge in [-0.05, 0) is 48.0 Å². The highest BCUT2D eigenvalue weighted by molar-refractivity contribution is 7.94. The van der Waals surface area contributed by atoms with Gasteiger partial charge in [-0.25, -0.2) is 14.0 Å². The minimum Gasteiger partial charge on any atom is -0.453 e. The molecule has 6 rings (SSSR count). The number of pyridine rings is 1. The number of benzene rings is 3. The summed E-state index contributed by atoms with van der Waals surface area (Å²) in [6, 6.07) is 22.3. The summed E-state index contributed by atoms with van der Waals surface area (Å²) in [5.41, 5.74) is -0.324. The lowest BCUT2D eigenvalue weighted by Gasteiger charge is -2.13. The second-order valence-electron chi connectivity index (χ2n) is 9.33. The number of carbonyl (C=O) groups is 1. The smallest absolute Gasteiger partial charge is 0.434 e. The topological polar surface area (TPSA) is 87.5 Å². The quantitative estimate of drug-likeness (QED) is 0.0722. The first-order valence-corrected chi connectivity index (χ1v) is 14.6. The lowest BCUT2D eigenvalue weighted by atomic mass is 10.2. The number of rotatable bonds is 9. The van der Waals surface area contributed by atoms with E-state index in [1.807, 2.05) is 30.3 Å². The van der Waals surface area contributed by atoms with Gasteiger partial charge in [0.25, 0.3) is 5.91 Å². The SMILES string of the molecule is COOSc1ccc(-c2cc3nccc(Oc4ccc(NC(=O)c5cnn(-c6ccccc6)c5C(F)(F)F)cc4F)c3s2)cc1. The fraction of sp³-hybridized carbons (Fsp3) is 0.0645. The van der Waals surface area contributed by atoms with Gasteiger partial charge in [-0.15, -0.1) is 11.3 Å². The third-order valence-corrected chi connectivity index (χ3v) is 8.26. The maximum Gasteiger partial charge on any atom is 0.434 e. The second-order valence-corrected chi connectivity index (χ2v) is 11.2. The number of hydrogen-bond donors (Lipinski definition) is 1. The number of anilines is 1. The van der Waals surface area contributed by atoms with Crippen molar-refractivity contribution in [1.82, 2.24) is 14.8 Å². The molecule has 0 unspecified atom stereocenters. The summed E-state index contributed by atoms with van der Waals surface area (Å²) in [7, 11) is 1.42. The molecule has 0 aliphatic carbocycles. The van der Waals surface area contributed by atoms with E-state index in [2.05, 4.69) is 20.3 Å². The highest BCUT2D eigenvalue weighted by atomic mass is 32.2. The average molecular weight is 653 g/mol. The average Bonchev–Trinajstić information content (AvgIpc) is 3.68. The summed E-state index contributed by atoms with van der Waals surface area (Å²) < 4.78 is 69.2. The number of carbonyl (C=O) groups excluding carboxylic acids is 1. The molecule has 1 amide bonds. The normalized spacial score (nSPS) is 11.6. The molecular formula is C31H20F4N4O4S2. The zero-order valence-electron chi connectivity index (χ0n) is 23.0. The van der Waals surface area contributed by atoms with E-state index in [4.69, 9.17) is 9.07 Å². The van der Waals surface area contributed by atoms with Crippen LogP contribution in [-0.2, 0) is 15.4 Å². The molecule has 14 heteroatoms. The lowest BCUT2D eigenvalue weighted by molar-refractivity contribution is -0.160. The number of nitrogens with zero attached hydrogens (tertiary/aromatic N) is 3. The first-order valence-electron chi connectivity index (χ1n) is 13.1. The number of fused-ring (bicyclic) bond motifs is 1. The van der Waals surface area contributed by atoms with Crippen molar-refractivity contribution in [3.05, 3.63) is 114 Å². The van der Waals surface area contributed by atoms with Crippen LogP contribution in [0, 0.1) is 5.82 Å². The number of hydrogen-bond acceptors (Lipinski definition) is 8. The lowest BCUT2D eigenvalue weighted by Crippen LogP contribution is -2.20. The molecule has 0 aliphatic heterocycles. The van der Waals surface area contributed by atoms with E-state index in [1.165, 1.54) is 48.9 Å². The Kier molecular flexibility index (Phi) is 8.54. The summed E-state index contributed by atoms with van der Waals surface area (Å²) in [6.45, 7) is 0. The van der Waals surface area contributed by atoms with Crippen molar-refractivity contribution in [2.24, 2.45) is 0 Å². The Morgan fingerprint density at radius 1 is 0.978 bits per heavy atom. The molecule has 3 aromatic heterocycles. The zero-order valence-corrected chi connectivity index (χ0v) is 24.7. The number of thiophene rings is 1. The van der Waals surface area contributed by atoms with Crippen LogP contribution in [0.4, 0.5) is 23.2 Å². The third-order valence-electron chi connectivity index (χ3n) is 6.41. The summed E-state index contributed by atoms with van der Waals surface area (Å²) in [5.74, 6) is -1.73. The van der Waals surface area contributed by atoms with Gasteiger partial charge in [0.15, 0.2) is 17.3 Å². The Morgan fingerprint density at radius 3 is 2.47 bits per heavy atom. The Morgan fingerprint density at radius 2 is 1.76 bits per heavy atom. The molecule has 0 spiro atoms. The third kappa shape index (κ3) is 6.54. The highest BCUT2D eigenvalue weighted by Crippen LogP contribution is 2.40. The molecule has 0 saturated heterocycles. The van der Waals surface area contributed by atoms with E-state index in [9.17, 15) is 18.0 Å². The Balaban J connectivity index is 1.21. The monoisotopic (exact) mass is 652 g/mol. The fourth-order valence-electron chi connectivity index (χ4n) is 4.42. The highest BCUT2D eigenvalue weighted by Gasteiger charge is 2.40. The van der Waals surface area contributed by atoms with Crippen molar-refractivity contribution in [1.29, 1.82) is 0 Å². The van der Waals surface area contributed by atoms with E-state index in [-0.39, 0.29) is 17.1 Å². The Hall–Kier alpha value is -4.76. The minimum absolute atomic E-state index is 0.0683. The van der Waals surface area contributed by atoms with Crippen molar-refractivity contribution in [3.8, 4) is 27.6 Å². The molecule has 0 atom stereocenters. The predicted octanol–water partition coefficient (Wildman–Crippen LogP) is 8.94. The van der Waals surface area contributed by atoms with E-state index in [1.54, 1.807) is 24.3 Å². The van der Waals surface area contributed by atoms with Crippen molar-refractivity contribution < 1.29 is 36.3 Å². The molecule has 0 bridgehead atoms. The van der Waals surface area contributed by atoms with Crippen LogP contribution < -0.4 is 10.1 Å². The molecular weight excluding hydrogens is 632 g/mol. The molecule has 6 aromatic rings. The summed E-state index contributed by atoms with van der Waals surface area (Å²) in [6.07, 6.45) is -2.52. The first kappa shape index (κ1) is 30.3. The van der Waals surface area contributed by atoms with Crippen molar-refractivity contribution in [2.45, 2.75) is 11.1 Å². The molecule has 8 nitrogen and oxygen atoms in total. The van der Waals surface area contributed by atoms with Gasteiger partial charge in [0, 0.05) is 33.8 Å². The maximum absolute atomic E-state index is 15.2. The predicted molar refractivity (Wildman–Crippen MR) is 162 cm³/mol. The van der Waals surface area contributed by atoms with Gasteiger partial charge in [0.1, 0.15) is 5.75 Å². The van der Waals surface area contributed by atoms with E-state index in [0.717, 1.165) is 39.6 Å². The zero-order chi connectivity index (χ0) is 31.6. The van der Waals surface area contributed by atoms with Crippen molar-refractivity contribution >= 4 is 45.2 Å². The van der Waals surface area contributed by atoms with E-state index >= 15 is 4.39 Å². The molecule has 0 fully saturated rings. The maximum atomic E-state index is 15.2. The van der Waals surface area contributed by atoms with Crippen LogP contribution in [0.3, 0.4) is 0 Å². The number of alkyl halides is 3. The van der Waals surface area contributed by atoms with Gasteiger partial charge in [-0.2, -0.15) is 22.6 Å². The van der Waals surface area contributed by atoms with Gasteiger partial charge in [0.2, 0.25) is 0 Å². The van der Waals surface area contributed by atoms with Gasteiger partial charge in [-0.1, -0.05) is 30.3 Å². The molecule has 45 heavy (non-hydrogen) atoms. The van der Waals surface area contributed by atoms with Gasteiger partial charge in [-0.3, -0.25) is 9.78 Å². The number of para-hydroxylation sites is 1. The first-order chi connectivity index (χ1) is 21.7. The van der Waals surface area contributed by atoms with Crippen molar-refractivity contribution in [2.75, 3.05) is 12.4 Å². The van der Waals surface area contributed by atoms with Crippen LogP contribution in [0.5, 0.6) is 11.5 Å². The molecule has 3 heterocycles. The summed E-state index contributed by atoms with van der Waals surface area (Å²) in [5, 5.41) is 6.10. The van der Waals surface area contributed by atoms with Crippen LogP contribution in [-0.4, -0.2) is 27.8 Å². The number of ether oxygens (including phenoxy) is 1. The van der Waals surface area contributed by atoms with Crippen LogP contribution in [0.2, 0.25) is 0 Å². The van der Waals surface area contributed by atoms with E-state index in [0.29, 0.717) is 20.6 Å². The number of aromatic nitrogens is 3. The van der Waals surface area contributed by atoms with Gasteiger partial charge in [0.05, 0.1) is 46.8 Å². The number of nitrogens with one attached hydrogen (secondary N) is 1. The summed E-state index contributed by atoms with van der Waals surface area (Å²) >= 11 is 2.49. The minimum atomic E-state index is -4.89. The Labute approximate surface area is 261 Å². The molecule has 0 aliphatic rings. The largest absolute Gasteiger partial charge is 0.453 e. The molecule has 0 saturated carbocycles. The molecule has 228 valence electrons. The number of amides is 1. The summed E-state index contributed by atoms with van der Waals surface area (Å²) in [4.78, 5) is 23.7. The van der Waals surface area contributed by atoms with Crippen molar-refractivity contribution in [3.63, 3.8) is 0 Å². The fourth-order valence-corrected chi connectivity index (χ4v) is 5.88. The van der Waals surface area contributed by atoms with Gasteiger partial charge < -0.3 is 10.1 Å². The second kappa shape index (κ2) is 12.7. The Bertz CT molecular complexity index is 1980. The molecule has 3 aromatic carbocycles. The van der Waals surface area contributed by atoms with Crippen LogP contribution in [0.1, 0.15) is 16.1 Å². The van der Waals surface area contributed by atoms with Crippen LogP contribution >= 0.6 is 23.4 Å². The number of halogens is 4. The standard InChI is InChI=1S/C31H20F4N4O4S2/c1-41-43-45-21-10-7-18(8-11-21)27-16-24-28(44-27)26(13-14-36-24)42-25-12-9-19(15-23(25)32)38-30(40)22-17-37-39(29(22)31(33,34)35)20-5-3-2-4-6-20/h2-17H,1H3,(H,38,40). The van der Waals surface area contributed by atoms with Crippen LogP contribution in [0.25, 0.3) is 26.3 Å².